The van der Waals surface area contributed by atoms with E-state index in [0.717, 1.165) is 23.1 Å². The van der Waals surface area contributed by atoms with E-state index < -0.39 is 0 Å². The molecule has 2 heteroatoms. The summed E-state index contributed by atoms with van der Waals surface area (Å²) in [7, 11) is 1.66. The van der Waals surface area contributed by atoms with Crippen LogP contribution in [0.15, 0.2) is 24.3 Å². The van der Waals surface area contributed by atoms with Gasteiger partial charge < -0.3 is 9.84 Å². The van der Waals surface area contributed by atoms with Gasteiger partial charge >= 0.3 is 0 Å². The first-order chi connectivity index (χ1) is 7.81. The van der Waals surface area contributed by atoms with Gasteiger partial charge in [-0.25, -0.2) is 0 Å². The van der Waals surface area contributed by atoms with Crippen LogP contribution in [-0.2, 0) is 0 Å². The molecule has 0 amide bonds. The molecule has 0 saturated heterocycles. The van der Waals surface area contributed by atoms with Crippen molar-refractivity contribution in [1.29, 1.82) is 0 Å². The van der Waals surface area contributed by atoms with E-state index >= 15 is 0 Å². The van der Waals surface area contributed by atoms with Gasteiger partial charge in [0.1, 0.15) is 5.75 Å². The number of benzene rings is 1. The monoisotopic (exact) mass is 218 g/mol. The molecule has 16 heavy (non-hydrogen) atoms. The Kier molecular flexibility index (Phi) is 2.40. The number of rotatable bonds is 3. The molecular formula is C14H18O2. The first-order valence-corrected chi connectivity index (χ1v) is 6.13. The van der Waals surface area contributed by atoms with Crippen molar-refractivity contribution >= 4 is 0 Å². The van der Waals surface area contributed by atoms with E-state index in [9.17, 15) is 5.11 Å². The van der Waals surface area contributed by atoms with Gasteiger partial charge in [-0.05, 0) is 48.3 Å². The zero-order valence-corrected chi connectivity index (χ0v) is 9.60. The van der Waals surface area contributed by atoms with E-state index in [4.69, 9.17) is 4.74 Å². The van der Waals surface area contributed by atoms with Gasteiger partial charge in [0.2, 0.25) is 0 Å². The van der Waals surface area contributed by atoms with Gasteiger partial charge in [0, 0.05) is 0 Å². The Morgan fingerprint density at radius 3 is 2.38 bits per heavy atom. The average Bonchev–Trinajstić information content (AvgIpc) is 2.81. The van der Waals surface area contributed by atoms with E-state index in [1.807, 2.05) is 24.3 Å². The molecule has 0 radical (unpaired) electrons. The minimum Gasteiger partial charge on any atom is -0.497 e. The second-order valence-electron chi connectivity index (χ2n) is 5.05. The predicted octanol–water partition coefficient (Wildman–Crippen LogP) is 2.77. The molecule has 1 aromatic carbocycles. The van der Waals surface area contributed by atoms with Crippen LogP contribution in [0.4, 0.5) is 0 Å². The summed E-state index contributed by atoms with van der Waals surface area (Å²) in [6, 6.07) is 7.82. The van der Waals surface area contributed by atoms with Gasteiger partial charge in [0.25, 0.3) is 0 Å². The normalized spacial score (nSPS) is 33.2. The molecule has 0 aliphatic heterocycles. The van der Waals surface area contributed by atoms with Crippen molar-refractivity contribution in [3.05, 3.63) is 29.8 Å². The van der Waals surface area contributed by atoms with Crippen molar-refractivity contribution < 1.29 is 9.84 Å². The summed E-state index contributed by atoms with van der Waals surface area (Å²) < 4.78 is 5.12. The first kappa shape index (κ1) is 10.2. The molecular weight excluding hydrogens is 200 g/mol. The van der Waals surface area contributed by atoms with Gasteiger partial charge in [-0.15, -0.1) is 0 Å². The highest BCUT2D eigenvalue weighted by Gasteiger charge is 2.55. The van der Waals surface area contributed by atoms with Gasteiger partial charge in [-0.2, -0.15) is 0 Å². The maximum atomic E-state index is 10.3. The summed E-state index contributed by atoms with van der Waals surface area (Å²) in [6.07, 6.45) is 3.74. The Morgan fingerprint density at radius 2 is 1.81 bits per heavy atom. The predicted molar refractivity (Wildman–Crippen MR) is 62.3 cm³/mol. The Balaban J connectivity index is 1.72. The molecule has 0 heterocycles. The second kappa shape index (κ2) is 3.77. The molecule has 2 aliphatic carbocycles. The van der Waals surface area contributed by atoms with Gasteiger partial charge in [0.15, 0.2) is 0 Å². The standard InChI is InChI=1S/C14H18O2/c1-16-10-7-5-9(6-8-10)14(15)13-11-3-2-4-12(11)13/h5-8,11-15H,2-4H2,1H3. The summed E-state index contributed by atoms with van der Waals surface area (Å²) in [6.45, 7) is 0. The quantitative estimate of drug-likeness (QED) is 0.845. The van der Waals surface area contributed by atoms with Gasteiger partial charge in [-0.1, -0.05) is 18.6 Å². The summed E-state index contributed by atoms with van der Waals surface area (Å²) in [5.74, 6) is 2.99. The van der Waals surface area contributed by atoms with E-state index in [-0.39, 0.29) is 6.10 Å². The molecule has 2 fully saturated rings. The minimum atomic E-state index is -0.263. The fourth-order valence-corrected chi connectivity index (χ4v) is 3.37. The van der Waals surface area contributed by atoms with Crippen LogP contribution >= 0.6 is 0 Å². The van der Waals surface area contributed by atoms with Crippen LogP contribution in [0.5, 0.6) is 5.75 Å². The Hall–Kier alpha value is -1.02. The minimum absolute atomic E-state index is 0.263. The molecule has 1 aromatic rings. The van der Waals surface area contributed by atoms with E-state index in [0.29, 0.717) is 5.92 Å². The number of hydrogen-bond acceptors (Lipinski definition) is 2. The lowest BCUT2D eigenvalue weighted by Crippen LogP contribution is -2.04. The highest BCUT2D eigenvalue weighted by Crippen LogP contribution is 2.62. The van der Waals surface area contributed by atoms with Crippen LogP contribution in [0.1, 0.15) is 30.9 Å². The number of fused-ring (bicyclic) bond motifs is 1. The van der Waals surface area contributed by atoms with E-state index in [1.165, 1.54) is 19.3 Å². The number of methoxy groups -OCH3 is 1. The Bertz CT molecular complexity index is 361. The second-order valence-corrected chi connectivity index (χ2v) is 5.05. The Labute approximate surface area is 96.2 Å². The summed E-state index contributed by atoms with van der Waals surface area (Å²) in [4.78, 5) is 0. The highest BCUT2D eigenvalue weighted by molar-refractivity contribution is 5.30. The number of aliphatic hydroxyl groups is 1. The van der Waals surface area contributed by atoms with Crippen LogP contribution in [0.2, 0.25) is 0 Å². The van der Waals surface area contributed by atoms with Crippen molar-refractivity contribution in [3.8, 4) is 5.75 Å². The molecule has 2 saturated carbocycles. The third kappa shape index (κ3) is 1.52. The van der Waals surface area contributed by atoms with Gasteiger partial charge in [0.05, 0.1) is 13.2 Å². The van der Waals surface area contributed by atoms with Crippen LogP contribution in [-0.4, -0.2) is 12.2 Å². The molecule has 0 spiro atoms. The lowest BCUT2D eigenvalue weighted by molar-refractivity contribution is 0.137. The molecule has 0 bridgehead atoms. The van der Waals surface area contributed by atoms with E-state index in [1.54, 1.807) is 7.11 Å². The topological polar surface area (TPSA) is 29.5 Å². The zero-order chi connectivity index (χ0) is 11.1. The molecule has 86 valence electrons. The number of ether oxygens (including phenoxy) is 1. The first-order valence-electron chi connectivity index (χ1n) is 6.13. The molecule has 1 N–H and O–H groups in total. The number of aliphatic hydroxyl groups excluding tert-OH is 1. The lowest BCUT2D eigenvalue weighted by Gasteiger charge is -2.13. The van der Waals surface area contributed by atoms with Crippen LogP contribution in [0, 0.1) is 17.8 Å². The molecule has 0 aromatic heterocycles. The van der Waals surface area contributed by atoms with Crippen LogP contribution < -0.4 is 4.74 Å². The fraction of sp³-hybridized carbons (Fsp3) is 0.571. The molecule has 3 rings (SSSR count). The maximum Gasteiger partial charge on any atom is 0.118 e. The van der Waals surface area contributed by atoms with Crippen molar-refractivity contribution in [2.45, 2.75) is 25.4 Å². The molecule has 3 unspecified atom stereocenters. The van der Waals surface area contributed by atoms with Crippen molar-refractivity contribution in [2.24, 2.45) is 17.8 Å². The molecule has 2 nitrogen and oxygen atoms in total. The smallest absolute Gasteiger partial charge is 0.118 e. The number of hydrogen-bond donors (Lipinski definition) is 1. The summed E-state index contributed by atoms with van der Waals surface area (Å²) >= 11 is 0. The lowest BCUT2D eigenvalue weighted by atomic mass is 10.00. The summed E-state index contributed by atoms with van der Waals surface area (Å²) in [5, 5.41) is 10.3. The maximum absolute atomic E-state index is 10.3. The van der Waals surface area contributed by atoms with Crippen LogP contribution in [0.25, 0.3) is 0 Å². The fourth-order valence-electron chi connectivity index (χ4n) is 3.37. The SMILES string of the molecule is COc1ccc(C(O)C2C3CCCC32)cc1. The van der Waals surface area contributed by atoms with Crippen LogP contribution in [0.3, 0.4) is 0 Å². The van der Waals surface area contributed by atoms with Gasteiger partial charge in [-0.3, -0.25) is 0 Å². The highest BCUT2D eigenvalue weighted by atomic mass is 16.5. The zero-order valence-electron chi connectivity index (χ0n) is 9.60. The largest absolute Gasteiger partial charge is 0.497 e. The average molecular weight is 218 g/mol. The van der Waals surface area contributed by atoms with Crippen molar-refractivity contribution in [2.75, 3.05) is 7.11 Å². The van der Waals surface area contributed by atoms with Crippen molar-refractivity contribution in [1.82, 2.24) is 0 Å². The molecule has 2 aliphatic rings. The van der Waals surface area contributed by atoms with Crippen molar-refractivity contribution in [3.63, 3.8) is 0 Å². The third-order valence-electron chi connectivity index (χ3n) is 4.29. The summed E-state index contributed by atoms with van der Waals surface area (Å²) in [5.41, 5.74) is 1.04. The molecule has 3 atom stereocenters. The third-order valence-corrected chi connectivity index (χ3v) is 4.29. The Morgan fingerprint density at radius 1 is 1.19 bits per heavy atom. The van der Waals surface area contributed by atoms with E-state index in [2.05, 4.69) is 0 Å².